The minimum Gasteiger partial charge on any atom is -0.0622 e. The SMILES string of the molecule is C(#CSc1ccccc1)Sc1ccccc1. The summed E-state index contributed by atoms with van der Waals surface area (Å²) < 4.78 is 0. The molecule has 2 aromatic carbocycles. The van der Waals surface area contributed by atoms with Crippen LogP contribution in [0.2, 0.25) is 0 Å². The fraction of sp³-hybridized carbons (Fsp3) is 0. The van der Waals surface area contributed by atoms with Crippen LogP contribution in [0.4, 0.5) is 0 Å². The van der Waals surface area contributed by atoms with E-state index in [1.54, 1.807) is 23.5 Å². The molecule has 0 nitrogen and oxygen atoms in total. The average Bonchev–Trinajstić information content (AvgIpc) is 2.37. The van der Waals surface area contributed by atoms with Crippen molar-refractivity contribution in [2.45, 2.75) is 9.79 Å². The molecular weight excluding hydrogens is 232 g/mol. The summed E-state index contributed by atoms with van der Waals surface area (Å²) in [5.74, 6) is 0. The average molecular weight is 242 g/mol. The van der Waals surface area contributed by atoms with Gasteiger partial charge in [0.15, 0.2) is 0 Å². The van der Waals surface area contributed by atoms with Crippen molar-refractivity contribution in [3.05, 3.63) is 60.7 Å². The third-order valence-electron chi connectivity index (χ3n) is 1.87. The Balaban J connectivity index is 1.88. The molecule has 0 N–H and O–H groups in total. The summed E-state index contributed by atoms with van der Waals surface area (Å²) in [5.41, 5.74) is 0. The highest BCUT2D eigenvalue weighted by atomic mass is 32.2. The molecule has 2 heteroatoms. The zero-order chi connectivity index (χ0) is 11.1. The number of rotatable bonds is 2. The van der Waals surface area contributed by atoms with Gasteiger partial charge in [0, 0.05) is 9.79 Å². The van der Waals surface area contributed by atoms with Gasteiger partial charge < -0.3 is 0 Å². The highest BCUT2D eigenvalue weighted by Gasteiger charge is 1.88. The van der Waals surface area contributed by atoms with Crippen molar-refractivity contribution in [1.82, 2.24) is 0 Å². The minimum atomic E-state index is 1.18. The van der Waals surface area contributed by atoms with E-state index in [-0.39, 0.29) is 0 Å². The van der Waals surface area contributed by atoms with Crippen LogP contribution < -0.4 is 0 Å². The van der Waals surface area contributed by atoms with E-state index in [0.717, 1.165) is 0 Å². The largest absolute Gasteiger partial charge is 0.0622 e. The van der Waals surface area contributed by atoms with Crippen LogP contribution in [-0.4, -0.2) is 0 Å². The second-order valence-corrected chi connectivity index (χ2v) is 4.79. The Hall–Kier alpha value is -1.30. The van der Waals surface area contributed by atoms with Crippen LogP contribution in [0, 0.1) is 10.5 Å². The summed E-state index contributed by atoms with van der Waals surface area (Å²) in [6.45, 7) is 0. The zero-order valence-electron chi connectivity index (χ0n) is 8.59. The topological polar surface area (TPSA) is 0 Å². The molecule has 0 saturated carbocycles. The zero-order valence-corrected chi connectivity index (χ0v) is 10.2. The van der Waals surface area contributed by atoms with Gasteiger partial charge in [-0.05, 0) is 58.3 Å². The lowest BCUT2D eigenvalue weighted by Crippen LogP contribution is -1.65. The Morgan fingerprint density at radius 2 is 0.938 bits per heavy atom. The van der Waals surface area contributed by atoms with E-state index < -0.39 is 0 Å². The van der Waals surface area contributed by atoms with Gasteiger partial charge in [0.2, 0.25) is 0 Å². The van der Waals surface area contributed by atoms with Gasteiger partial charge >= 0.3 is 0 Å². The Morgan fingerprint density at radius 1 is 0.562 bits per heavy atom. The quantitative estimate of drug-likeness (QED) is 0.562. The van der Waals surface area contributed by atoms with Gasteiger partial charge in [-0.15, -0.1) is 0 Å². The van der Waals surface area contributed by atoms with Crippen LogP contribution >= 0.6 is 23.5 Å². The highest BCUT2D eigenvalue weighted by Crippen LogP contribution is 2.18. The molecule has 0 aliphatic rings. The molecule has 2 aromatic rings. The van der Waals surface area contributed by atoms with Crippen LogP contribution in [0.25, 0.3) is 0 Å². The van der Waals surface area contributed by atoms with Crippen molar-refractivity contribution in [3.63, 3.8) is 0 Å². The molecule has 0 aliphatic heterocycles. The molecule has 2 rings (SSSR count). The molecule has 0 amide bonds. The third-order valence-corrected chi connectivity index (χ3v) is 3.42. The third kappa shape index (κ3) is 3.69. The fourth-order valence-corrected chi connectivity index (χ4v) is 2.29. The summed E-state index contributed by atoms with van der Waals surface area (Å²) in [5, 5.41) is 6.16. The molecule has 0 bridgehead atoms. The van der Waals surface area contributed by atoms with E-state index in [4.69, 9.17) is 0 Å². The number of thioether (sulfide) groups is 2. The van der Waals surface area contributed by atoms with Crippen molar-refractivity contribution < 1.29 is 0 Å². The molecule has 0 radical (unpaired) electrons. The predicted octanol–water partition coefficient (Wildman–Crippen LogP) is 4.49. The van der Waals surface area contributed by atoms with E-state index in [2.05, 4.69) is 34.8 Å². The van der Waals surface area contributed by atoms with Crippen LogP contribution in [0.5, 0.6) is 0 Å². The molecule has 16 heavy (non-hydrogen) atoms. The standard InChI is InChI=1S/C14H10S2/c1-3-7-13(8-4-1)15-11-12-16-14-9-5-2-6-10-14/h1-10H. The van der Waals surface area contributed by atoms with Crippen molar-refractivity contribution in [3.8, 4) is 10.5 Å². The monoisotopic (exact) mass is 242 g/mol. The summed E-state index contributed by atoms with van der Waals surface area (Å²) in [4.78, 5) is 2.37. The van der Waals surface area contributed by atoms with Gasteiger partial charge in [-0.3, -0.25) is 0 Å². The summed E-state index contributed by atoms with van der Waals surface area (Å²) in [7, 11) is 0. The van der Waals surface area contributed by atoms with Gasteiger partial charge in [0.05, 0.1) is 0 Å². The van der Waals surface area contributed by atoms with E-state index in [0.29, 0.717) is 0 Å². The van der Waals surface area contributed by atoms with Gasteiger partial charge in [0.25, 0.3) is 0 Å². The second kappa shape index (κ2) is 6.32. The van der Waals surface area contributed by atoms with E-state index in [1.807, 2.05) is 36.4 Å². The van der Waals surface area contributed by atoms with Crippen LogP contribution in [0.1, 0.15) is 0 Å². The van der Waals surface area contributed by atoms with Crippen LogP contribution in [-0.2, 0) is 0 Å². The smallest absolute Gasteiger partial charge is 0.0203 e. The van der Waals surface area contributed by atoms with Gasteiger partial charge in [-0.2, -0.15) is 0 Å². The number of hydrogen-bond acceptors (Lipinski definition) is 2. The van der Waals surface area contributed by atoms with Crippen molar-refractivity contribution in [2.24, 2.45) is 0 Å². The van der Waals surface area contributed by atoms with E-state index in [1.165, 1.54) is 9.79 Å². The van der Waals surface area contributed by atoms with Gasteiger partial charge in [-0.1, -0.05) is 36.4 Å². The highest BCUT2D eigenvalue weighted by molar-refractivity contribution is 8.07. The molecule has 0 heterocycles. The summed E-state index contributed by atoms with van der Waals surface area (Å²) in [6, 6.07) is 20.4. The Kier molecular flexibility index (Phi) is 4.42. The Labute approximate surface area is 104 Å². The molecule has 0 unspecified atom stereocenters. The summed E-state index contributed by atoms with van der Waals surface area (Å²) >= 11 is 3.12. The first-order chi connectivity index (χ1) is 7.95. The van der Waals surface area contributed by atoms with Crippen LogP contribution in [0.3, 0.4) is 0 Å². The molecule has 0 saturated heterocycles. The number of benzene rings is 2. The molecule has 78 valence electrons. The van der Waals surface area contributed by atoms with Crippen molar-refractivity contribution >= 4 is 23.5 Å². The van der Waals surface area contributed by atoms with Crippen molar-refractivity contribution in [1.29, 1.82) is 0 Å². The first kappa shape index (κ1) is 11.2. The molecule has 0 aromatic heterocycles. The predicted molar refractivity (Wildman–Crippen MR) is 72.4 cm³/mol. The molecule has 0 atom stereocenters. The maximum atomic E-state index is 3.08. The number of hydrogen-bond donors (Lipinski definition) is 0. The lowest BCUT2D eigenvalue weighted by molar-refractivity contribution is 1.47. The van der Waals surface area contributed by atoms with E-state index in [9.17, 15) is 0 Å². The lowest BCUT2D eigenvalue weighted by atomic mass is 10.4. The van der Waals surface area contributed by atoms with Crippen LogP contribution in [0.15, 0.2) is 70.5 Å². The van der Waals surface area contributed by atoms with Crippen molar-refractivity contribution in [2.75, 3.05) is 0 Å². The fourth-order valence-electron chi connectivity index (χ4n) is 1.14. The normalized spacial score (nSPS) is 9.25. The van der Waals surface area contributed by atoms with Gasteiger partial charge in [-0.25, -0.2) is 0 Å². The first-order valence-corrected chi connectivity index (χ1v) is 6.52. The van der Waals surface area contributed by atoms with Gasteiger partial charge in [0.1, 0.15) is 0 Å². The van der Waals surface area contributed by atoms with E-state index >= 15 is 0 Å². The molecule has 0 aliphatic carbocycles. The maximum Gasteiger partial charge on any atom is 0.0203 e. The Bertz CT molecular complexity index is 435. The molecular formula is C14H10S2. The summed E-state index contributed by atoms with van der Waals surface area (Å²) in [6.07, 6.45) is 0. The Morgan fingerprint density at radius 3 is 1.31 bits per heavy atom. The first-order valence-electron chi connectivity index (χ1n) is 4.89. The maximum absolute atomic E-state index is 3.08. The minimum absolute atomic E-state index is 1.18. The lowest BCUT2D eigenvalue weighted by Gasteiger charge is -1.91. The molecule has 0 spiro atoms. The molecule has 0 fully saturated rings. The second-order valence-electron chi connectivity index (χ2n) is 3.03.